The fourth-order valence-corrected chi connectivity index (χ4v) is 12.2. The molecule has 0 saturated carbocycles. The molecule has 406 valence electrons. The molecule has 3 fully saturated rings. The van der Waals surface area contributed by atoms with Gasteiger partial charge in [0.2, 0.25) is 13.6 Å². The average molecular weight is 1070 g/mol. The Morgan fingerprint density at radius 1 is 0.658 bits per heavy atom. The van der Waals surface area contributed by atoms with Crippen molar-refractivity contribution in [1.29, 1.82) is 0 Å². The summed E-state index contributed by atoms with van der Waals surface area (Å²) in [6.45, 7) is 2.07. The van der Waals surface area contributed by atoms with Gasteiger partial charge in [0.25, 0.3) is 0 Å². The minimum absolute atomic E-state index is 0.00645. The molecule has 0 radical (unpaired) electrons. The van der Waals surface area contributed by atoms with Crippen molar-refractivity contribution in [2.75, 3.05) is 37.8 Å². The molecular formula is C47H73FN10O13P2. The van der Waals surface area contributed by atoms with E-state index in [4.69, 9.17) is 53.0 Å². The Bertz CT molecular complexity index is 2470. The van der Waals surface area contributed by atoms with Crippen LogP contribution in [0.4, 0.5) is 16.0 Å². The predicted molar refractivity (Wildman–Crippen MR) is 265 cm³/mol. The van der Waals surface area contributed by atoms with E-state index in [0.717, 1.165) is 51.4 Å². The topological polar surface area (TPSA) is 291 Å². The standard InChI is InChI=1S/C47H73FN10O13P2/c1-3-5-7-9-11-13-15-17-19-21-37(59)63-31-66-72(61)24-23-33-34(25-36(68-33)57-29-55-40-43(49)51-27-53-45(40)57)70-73(62,67-32-64-38(60)22-20-18-16-14-12-10-8-6-4-2)65-26-35-42(71-72)39(48)47(69-35)58-30-56-41-44(50)52-28-54-46(41)58/h27-30,33-36,39,42,47H,3-26,31-32H2,1-2H3,(H2,49,51,53)(H2,50,52,54)/t33-,34+,35-,36-,39-,42-,47-,72?,73?/m1/s1. The van der Waals surface area contributed by atoms with E-state index in [-0.39, 0.29) is 48.5 Å². The number of esters is 2. The Labute approximate surface area is 425 Å². The van der Waals surface area contributed by atoms with Crippen molar-refractivity contribution in [2.24, 2.45) is 0 Å². The van der Waals surface area contributed by atoms with Gasteiger partial charge in [-0.2, -0.15) is 0 Å². The molecule has 0 spiro atoms. The number of anilines is 2. The van der Waals surface area contributed by atoms with Crippen LogP contribution in [0.1, 0.15) is 168 Å². The minimum atomic E-state index is -4.78. The van der Waals surface area contributed by atoms with Crippen molar-refractivity contribution in [1.82, 2.24) is 39.0 Å². The van der Waals surface area contributed by atoms with Gasteiger partial charge in [0.1, 0.15) is 48.2 Å². The van der Waals surface area contributed by atoms with Gasteiger partial charge in [0.15, 0.2) is 35.3 Å². The fourth-order valence-electron chi connectivity index (χ4n) is 9.24. The zero-order valence-corrected chi connectivity index (χ0v) is 43.8. The maximum absolute atomic E-state index is 17.1. The summed E-state index contributed by atoms with van der Waals surface area (Å²) < 4.78 is 103. The number of imidazole rings is 2. The van der Waals surface area contributed by atoms with E-state index in [9.17, 15) is 14.2 Å². The second-order valence-corrected chi connectivity index (χ2v) is 22.6. The minimum Gasteiger partial charge on any atom is -0.438 e. The summed E-state index contributed by atoms with van der Waals surface area (Å²) in [4.78, 5) is 50.8. The summed E-state index contributed by atoms with van der Waals surface area (Å²) in [6, 6.07) is 0. The molecule has 3 saturated heterocycles. The summed E-state index contributed by atoms with van der Waals surface area (Å²) in [7, 11) is -9.25. The van der Waals surface area contributed by atoms with Crippen LogP contribution in [-0.2, 0) is 60.3 Å². The number of rotatable bonds is 28. The molecule has 0 aromatic carbocycles. The summed E-state index contributed by atoms with van der Waals surface area (Å²) in [5, 5.41) is 0. The number of nitrogen functional groups attached to an aromatic ring is 2. The van der Waals surface area contributed by atoms with Gasteiger partial charge in [-0.05, 0) is 19.3 Å². The monoisotopic (exact) mass is 1070 g/mol. The number of unbranched alkanes of at least 4 members (excludes halogenated alkanes) is 16. The molecule has 7 heterocycles. The van der Waals surface area contributed by atoms with Crippen LogP contribution in [0.15, 0.2) is 25.3 Å². The van der Waals surface area contributed by atoms with Crippen LogP contribution in [0.2, 0.25) is 0 Å². The molecule has 2 unspecified atom stereocenters. The zero-order valence-electron chi connectivity index (χ0n) is 42.0. The number of nitrogens with zero attached hydrogens (tertiary/aromatic N) is 8. The first kappa shape index (κ1) is 56.5. The van der Waals surface area contributed by atoms with E-state index in [2.05, 4.69) is 43.8 Å². The maximum Gasteiger partial charge on any atom is 0.478 e. The molecule has 3 aliphatic heterocycles. The van der Waals surface area contributed by atoms with Crippen molar-refractivity contribution in [3.63, 3.8) is 0 Å². The lowest BCUT2D eigenvalue weighted by molar-refractivity contribution is -0.152. The average Bonchev–Trinajstić information content (AvgIpc) is 4.17. The Morgan fingerprint density at radius 2 is 1.18 bits per heavy atom. The molecule has 73 heavy (non-hydrogen) atoms. The number of aromatic nitrogens is 8. The molecule has 0 bridgehead atoms. The molecule has 4 aromatic rings. The number of phosphoric acid groups is 1. The van der Waals surface area contributed by atoms with Crippen molar-refractivity contribution in [3.05, 3.63) is 25.3 Å². The van der Waals surface area contributed by atoms with Gasteiger partial charge in [-0.15, -0.1) is 0 Å². The number of carbonyl (C=O) groups is 2. The van der Waals surface area contributed by atoms with E-state index in [1.54, 1.807) is 4.57 Å². The molecular weight excluding hydrogens is 994 g/mol. The SMILES string of the molecule is CCCCCCCCCCCC(=O)OCOP1(=O)CC[C@H]2O[C@@H](n3cnc4c(N)ncnc43)C[C@@H]2OP(=O)(OCOC(=O)CCCCCCCCCCC)OC[C@H]2O[C@@H](n3cnc4c(N)ncnc43)[C@H](F)[C@@H]2O1. The number of hydrogen-bond donors (Lipinski definition) is 2. The third-order valence-electron chi connectivity index (χ3n) is 13.3. The molecule has 0 aliphatic carbocycles. The smallest absolute Gasteiger partial charge is 0.438 e. The number of carbonyl (C=O) groups excluding carboxylic acids is 2. The molecule has 0 amide bonds. The number of ether oxygens (including phenoxy) is 4. The highest BCUT2D eigenvalue weighted by Crippen LogP contribution is 2.58. The largest absolute Gasteiger partial charge is 0.478 e. The van der Waals surface area contributed by atoms with E-state index in [0.29, 0.717) is 24.0 Å². The molecule has 4 N–H and O–H groups in total. The van der Waals surface area contributed by atoms with Crippen molar-refractivity contribution < 1.29 is 64.7 Å². The summed E-state index contributed by atoms with van der Waals surface area (Å²) in [5.41, 5.74) is 13.0. The third-order valence-corrected chi connectivity index (χ3v) is 16.6. The van der Waals surface area contributed by atoms with Crippen LogP contribution in [0.3, 0.4) is 0 Å². The second-order valence-electron chi connectivity index (χ2n) is 18.8. The summed E-state index contributed by atoms with van der Waals surface area (Å²) in [5.74, 6) is -0.969. The quantitative estimate of drug-likeness (QED) is 0.0231. The van der Waals surface area contributed by atoms with Crippen LogP contribution in [0.5, 0.6) is 0 Å². The molecule has 4 aromatic heterocycles. The summed E-state index contributed by atoms with van der Waals surface area (Å²) >= 11 is 0. The van der Waals surface area contributed by atoms with Crippen molar-refractivity contribution in [2.45, 2.75) is 198 Å². The van der Waals surface area contributed by atoms with Crippen LogP contribution in [-0.4, -0.2) is 108 Å². The highest BCUT2D eigenvalue weighted by molar-refractivity contribution is 7.53. The van der Waals surface area contributed by atoms with E-state index in [1.807, 2.05) is 0 Å². The predicted octanol–water partition coefficient (Wildman–Crippen LogP) is 9.72. The van der Waals surface area contributed by atoms with E-state index in [1.165, 1.54) is 81.2 Å². The number of phosphoric ester groups is 1. The lowest BCUT2D eigenvalue weighted by Crippen LogP contribution is -2.36. The Morgan fingerprint density at radius 3 is 1.75 bits per heavy atom. The molecule has 26 heteroatoms. The van der Waals surface area contributed by atoms with Crippen LogP contribution in [0.25, 0.3) is 22.3 Å². The lowest BCUT2D eigenvalue weighted by Gasteiger charge is -2.30. The van der Waals surface area contributed by atoms with E-state index >= 15 is 8.96 Å². The summed E-state index contributed by atoms with van der Waals surface area (Å²) in [6.07, 6.45) is 14.0. The number of hydrogen-bond acceptors (Lipinski definition) is 21. The van der Waals surface area contributed by atoms with Crippen molar-refractivity contribution >= 4 is 61.3 Å². The number of fused-ring (bicyclic) bond motifs is 4. The number of alkyl halides is 1. The normalized spacial score (nSPS) is 26.6. The van der Waals surface area contributed by atoms with Gasteiger partial charge in [-0.3, -0.25) is 41.4 Å². The number of halogens is 1. The highest BCUT2D eigenvalue weighted by atomic mass is 31.2. The zero-order chi connectivity index (χ0) is 51.6. The van der Waals surface area contributed by atoms with Gasteiger partial charge < -0.3 is 30.4 Å². The molecule has 3 aliphatic rings. The molecule has 23 nitrogen and oxygen atoms in total. The molecule has 7 rings (SSSR count). The van der Waals surface area contributed by atoms with Crippen LogP contribution in [0, 0.1) is 0 Å². The first-order valence-corrected chi connectivity index (χ1v) is 29.2. The number of nitrogens with two attached hydrogens (primary N) is 2. The van der Waals surface area contributed by atoms with Gasteiger partial charge in [0, 0.05) is 19.3 Å². The van der Waals surface area contributed by atoms with Gasteiger partial charge in [0.05, 0.1) is 31.5 Å². The lowest BCUT2D eigenvalue weighted by atomic mass is 10.1. The maximum atomic E-state index is 17.1. The Kier molecular flexibility index (Phi) is 21.7. The second kappa shape index (κ2) is 28.0. The van der Waals surface area contributed by atoms with Gasteiger partial charge in [-0.25, -0.2) is 43.4 Å². The first-order valence-electron chi connectivity index (χ1n) is 26.0. The first-order chi connectivity index (χ1) is 35.4. The molecule has 9 atom stereocenters. The fraction of sp³-hybridized carbons (Fsp3) is 0.745. The Balaban J connectivity index is 1.07. The van der Waals surface area contributed by atoms with E-state index < -0.39 is 96.8 Å². The van der Waals surface area contributed by atoms with Gasteiger partial charge in [-0.1, -0.05) is 117 Å². The Hall–Kier alpha value is -4.25. The van der Waals surface area contributed by atoms with Crippen molar-refractivity contribution in [3.8, 4) is 0 Å². The van der Waals surface area contributed by atoms with Gasteiger partial charge >= 0.3 is 27.4 Å². The van der Waals surface area contributed by atoms with Crippen LogP contribution >= 0.6 is 15.4 Å². The third kappa shape index (κ3) is 15.9. The highest BCUT2D eigenvalue weighted by Gasteiger charge is 2.53. The van der Waals surface area contributed by atoms with Crippen LogP contribution < -0.4 is 11.5 Å².